The van der Waals surface area contributed by atoms with Crippen molar-refractivity contribution in [2.45, 2.75) is 45.8 Å². The van der Waals surface area contributed by atoms with Gasteiger partial charge in [-0.05, 0) is 25.3 Å². The van der Waals surface area contributed by atoms with Crippen molar-refractivity contribution >= 4 is 0 Å². The minimum absolute atomic E-state index is 0.258. The van der Waals surface area contributed by atoms with Gasteiger partial charge in [-0.3, -0.25) is 0 Å². The van der Waals surface area contributed by atoms with Crippen LogP contribution in [0.15, 0.2) is 0 Å². The van der Waals surface area contributed by atoms with Crippen molar-refractivity contribution in [1.29, 1.82) is 0 Å². The highest BCUT2D eigenvalue weighted by Crippen LogP contribution is 2.22. The van der Waals surface area contributed by atoms with Gasteiger partial charge in [-0.15, -0.1) is 0 Å². The average Bonchev–Trinajstić information content (AvgIpc) is 2.05. The normalized spacial score (nSPS) is 26.4. The van der Waals surface area contributed by atoms with Crippen molar-refractivity contribution in [3.63, 3.8) is 0 Å². The van der Waals surface area contributed by atoms with Crippen LogP contribution < -0.4 is 5.32 Å². The molecule has 0 radical (unpaired) electrons. The molecule has 0 aromatic heterocycles. The fraction of sp³-hybridized carbons (Fsp3) is 1.00. The molecule has 0 heterocycles. The first-order valence-corrected chi connectivity index (χ1v) is 5.88. The van der Waals surface area contributed by atoms with E-state index in [9.17, 15) is 0 Å². The standard InChI is InChI=1S/C12H25NO2/c1-12(2,3)9-14-5-6-15-11-7-10(8-11)13-4/h10-11,13H,5-9H2,1-4H3. The maximum absolute atomic E-state index is 5.66. The van der Waals surface area contributed by atoms with Gasteiger partial charge in [0.2, 0.25) is 0 Å². The topological polar surface area (TPSA) is 30.5 Å². The van der Waals surface area contributed by atoms with E-state index in [1.807, 2.05) is 7.05 Å². The summed E-state index contributed by atoms with van der Waals surface area (Å²) in [4.78, 5) is 0. The molecule has 0 unspecified atom stereocenters. The van der Waals surface area contributed by atoms with Crippen LogP contribution in [0.1, 0.15) is 33.6 Å². The quantitative estimate of drug-likeness (QED) is 0.686. The molecule has 0 amide bonds. The zero-order valence-corrected chi connectivity index (χ0v) is 10.5. The molecule has 0 aromatic carbocycles. The maximum Gasteiger partial charge on any atom is 0.0704 e. The second-order valence-electron chi connectivity index (χ2n) is 5.56. The second kappa shape index (κ2) is 5.83. The summed E-state index contributed by atoms with van der Waals surface area (Å²) >= 11 is 0. The lowest BCUT2D eigenvalue weighted by molar-refractivity contribution is -0.0482. The Morgan fingerprint density at radius 1 is 1.20 bits per heavy atom. The van der Waals surface area contributed by atoms with Crippen molar-refractivity contribution in [3.8, 4) is 0 Å². The van der Waals surface area contributed by atoms with Gasteiger partial charge in [-0.25, -0.2) is 0 Å². The van der Waals surface area contributed by atoms with Crippen molar-refractivity contribution in [2.75, 3.05) is 26.9 Å². The largest absolute Gasteiger partial charge is 0.379 e. The van der Waals surface area contributed by atoms with Gasteiger partial charge in [-0.2, -0.15) is 0 Å². The lowest BCUT2D eigenvalue weighted by atomic mass is 9.89. The lowest BCUT2D eigenvalue weighted by Crippen LogP contribution is -2.44. The summed E-state index contributed by atoms with van der Waals surface area (Å²) < 4.78 is 11.2. The zero-order valence-electron chi connectivity index (χ0n) is 10.5. The maximum atomic E-state index is 5.66. The minimum atomic E-state index is 0.258. The van der Waals surface area contributed by atoms with Crippen molar-refractivity contribution in [1.82, 2.24) is 5.32 Å². The number of rotatable bonds is 6. The predicted octanol–water partition coefficient (Wildman–Crippen LogP) is 1.82. The zero-order chi connectivity index (χ0) is 11.3. The van der Waals surface area contributed by atoms with Gasteiger partial charge in [0.15, 0.2) is 0 Å². The summed E-state index contributed by atoms with van der Waals surface area (Å²) in [6.07, 6.45) is 2.76. The molecule has 15 heavy (non-hydrogen) atoms. The molecule has 1 N–H and O–H groups in total. The Labute approximate surface area is 93.5 Å². The van der Waals surface area contributed by atoms with Gasteiger partial charge in [-0.1, -0.05) is 20.8 Å². The molecule has 0 atom stereocenters. The molecular weight excluding hydrogens is 190 g/mol. The van der Waals surface area contributed by atoms with Gasteiger partial charge in [0.1, 0.15) is 0 Å². The highest BCUT2D eigenvalue weighted by Gasteiger charge is 2.28. The summed E-state index contributed by atoms with van der Waals surface area (Å²) in [5, 5.41) is 3.24. The van der Waals surface area contributed by atoms with E-state index in [4.69, 9.17) is 9.47 Å². The molecule has 0 spiro atoms. The molecule has 1 aliphatic carbocycles. The first-order valence-electron chi connectivity index (χ1n) is 5.88. The Bertz CT molecular complexity index is 171. The van der Waals surface area contributed by atoms with Gasteiger partial charge < -0.3 is 14.8 Å². The molecule has 0 aliphatic heterocycles. The number of ether oxygens (including phenoxy) is 2. The van der Waals surface area contributed by atoms with Crippen molar-refractivity contribution in [3.05, 3.63) is 0 Å². The van der Waals surface area contributed by atoms with Crippen LogP contribution in [0.4, 0.5) is 0 Å². The summed E-state index contributed by atoms with van der Waals surface area (Å²) in [5.41, 5.74) is 0.258. The molecule has 0 aromatic rings. The molecule has 0 bridgehead atoms. The van der Waals surface area contributed by atoms with Gasteiger partial charge >= 0.3 is 0 Å². The fourth-order valence-electron chi connectivity index (χ4n) is 1.59. The van der Waals surface area contributed by atoms with Crippen LogP contribution in [0.25, 0.3) is 0 Å². The molecule has 3 heteroatoms. The summed E-state index contributed by atoms with van der Waals surface area (Å²) in [7, 11) is 2.01. The van der Waals surface area contributed by atoms with Crippen molar-refractivity contribution in [2.24, 2.45) is 5.41 Å². The smallest absolute Gasteiger partial charge is 0.0704 e. The van der Waals surface area contributed by atoms with Gasteiger partial charge in [0.05, 0.1) is 25.9 Å². The predicted molar refractivity (Wildman–Crippen MR) is 62.1 cm³/mol. The molecule has 90 valence electrons. The van der Waals surface area contributed by atoms with Gasteiger partial charge in [0, 0.05) is 6.04 Å². The summed E-state index contributed by atoms with van der Waals surface area (Å²) in [6.45, 7) is 8.79. The minimum Gasteiger partial charge on any atom is -0.379 e. The third kappa shape index (κ3) is 5.50. The summed E-state index contributed by atoms with van der Waals surface area (Å²) in [5.74, 6) is 0. The molecule has 0 saturated heterocycles. The Hall–Kier alpha value is -0.120. The highest BCUT2D eigenvalue weighted by molar-refractivity contribution is 4.84. The van der Waals surface area contributed by atoms with E-state index < -0.39 is 0 Å². The molecule has 3 nitrogen and oxygen atoms in total. The van der Waals surface area contributed by atoms with Crippen LogP contribution in [0.5, 0.6) is 0 Å². The average molecular weight is 215 g/mol. The number of nitrogens with one attached hydrogen (secondary N) is 1. The Morgan fingerprint density at radius 2 is 1.87 bits per heavy atom. The number of hydrogen-bond acceptors (Lipinski definition) is 3. The number of hydrogen-bond donors (Lipinski definition) is 1. The van der Waals surface area contributed by atoms with E-state index >= 15 is 0 Å². The van der Waals surface area contributed by atoms with E-state index in [-0.39, 0.29) is 5.41 Å². The van der Waals surface area contributed by atoms with E-state index in [1.165, 1.54) is 0 Å². The highest BCUT2D eigenvalue weighted by atomic mass is 16.5. The van der Waals surface area contributed by atoms with E-state index in [1.54, 1.807) is 0 Å². The van der Waals surface area contributed by atoms with Gasteiger partial charge in [0.25, 0.3) is 0 Å². The molecule has 1 fully saturated rings. The van der Waals surface area contributed by atoms with E-state index in [2.05, 4.69) is 26.1 Å². The van der Waals surface area contributed by atoms with Crippen LogP contribution in [0.3, 0.4) is 0 Å². The van der Waals surface area contributed by atoms with E-state index in [0.29, 0.717) is 12.1 Å². The molecular formula is C12H25NO2. The van der Waals surface area contributed by atoms with Crippen molar-refractivity contribution < 1.29 is 9.47 Å². The molecule has 1 rings (SSSR count). The second-order valence-corrected chi connectivity index (χ2v) is 5.56. The van der Waals surface area contributed by atoms with Crippen LogP contribution in [0.2, 0.25) is 0 Å². The van der Waals surface area contributed by atoms with Crippen LogP contribution in [0, 0.1) is 5.41 Å². The Kier molecular flexibility index (Phi) is 5.03. The third-order valence-corrected chi connectivity index (χ3v) is 2.62. The fourth-order valence-corrected chi connectivity index (χ4v) is 1.59. The Morgan fingerprint density at radius 3 is 2.40 bits per heavy atom. The first kappa shape index (κ1) is 12.9. The monoisotopic (exact) mass is 215 g/mol. The summed E-state index contributed by atoms with van der Waals surface area (Å²) in [6, 6.07) is 0.672. The molecule has 1 saturated carbocycles. The SMILES string of the molecule is CNC1CC(OCCOCC(C)(C)C)C1. The van der Waals surface area contributed by atoms with E-state index in [0.717, 1.165) is 32.7 Å². The van der Waals surface area contributed by atoms with Crippen LogP contribution in [-0.2, 0) is 9.47 Å². The Balaban J connectivity index is 1.86. The van der Waals surface area contributed by atoms with Crippen LogP contribution >= 0.6 is 0 Å². The van der Waals surface area contributed by atoms with Crippen LogP contribution in [-0.4, -0.2) is 39.0 Å². The lowest BCUT2D eigenvalue weighted by Gasteiger charge is -2.34. The third-order valence-electron chi connectivity index (χ3n) is 2.62. The first-order chi connectivity index (χ1) is 7.01. The molecule has 1 aliphatic rings.